The summed E-state index contributed by atoms with van der Waals surface area (Å²) in [6, 6.07) is 2.33. The number of rotatable bonds is 2. The van der Waals surface area contributed by atoms with Crippen LogP contribution in [-0.2, 0) is 0 Å². The molecule has 3 atom stereocenters. The van der Waals surface area contributed by atoms with Crippen molar-refractivity contribution in [3.63, 3.8) is 0 Å². The zero-order valence-corrected chi connectivity index (χ0v) is 11.7. The summed E-state index contributed by atoms with van der Waals surface area (Å²) < 4.78 is 5.23. The van der Waals surface area contributed by atoms with Crippen LogP contribution in [0.1, 0.15) is 25.1 Å². The monoisotopic (exact) mass is 262 g/mol. The molecule has 1 aliphatic carbocycles. The number of aryl methyl sites for hydroxylation is 1. The first-order chi connectivity index (χ1) is 9.15. The van der Waals surface area contributed by atoms with Crippen molar-refractivity contribution < 1.29 is 4.74 Å². The summed E-state index contributed by atoms with van der Waals surface area (Å²) in [6.07, 6.45) is 3.58. The Bertz CT molecular complexity index is 465. The average molecular weight is 262 g/mol. The lowest BCUT2D eigenvalue weighted by Gasteiger charge is -2.27. The third kappa shape index (κ3) is 2.52. The number of aromatic nitrogens is 2. The third-order valence-corrected chi connectivity index (χ3v) is 4.42. The first-order valence-electron chi connectivity index (χ1n) is 7.06. The minimum Gasteiger partial charge on any atom is -0.481 e. The number of fused-ring (bicyclic) bond motifs is 1. The van der Waals surface area contributed by atoms with E-state index in [-0.39, 0.29) is 0 Å². The molecule has 19 heavy (non-hydrogen) atoms. The second-order valence-corrected chi connectivity index (χ2v) is 5.81. The molecule has 2 heterocycles. The van der Waals surface area contributed by atoms with Crippen molar-refractivity contribution in [1.82, 2.24) is 9.97 Å². The maximum Gasteiger partial charge on any atom is 0.218 e. The molecule has 0 amide bonds. The van der Waals surface area contributed by atoms with Gasteiger partial charge in [0.05, 0.1) is 7.11 Å². The van der Waals surface area contributed by atoms with Crippen molar-refractivity contribution in [3.05, 3.63) is 11.9 Å². The van der Waals surface area contributed by atoms with E-state index in [2.05, 4.69) is 14.9 Å². The van der Waals surface area contributed by atoms with Crippen molar-refractivity contribution in [2.45, 2.75) is 32.2 Å². The molecule has 1 saturated heterocycles. The summed E-state index contributed by atoms with van der Waals surface area (Å²) in [5, 5.41) is 0. The van der Waals surface area contributed by atoms with Crippen molar-refractivity contribution in [2.75, 3.05) is 25.1 Å². The highest BCUT2D eigenvalue weighted by molar-refractivity contribution is 5.43. The second-order valence-electron chi connectivity index (χ2n) is 5.81. The van der Waals surface area contributed by atoms with E-state index in [1.165, 1.54) is 12.8 Å². The van der Waals surface area contributed by atoms with Gasteiger partial charge in [-0.15, -0.1) is 0 Å². The van der Waals surface area contributed by atoms with Crippen molar-refractivity contribution in [3.8, 4) is 5.88 Å². The molecule has 2 aliphatic rings. The summed E-state index contributed by atoms with van der Waals surface area (Å²) in [7, 11) is 1.65. The van der Waals surface area contributed by atoms with Crippen molar-refractivity contribution >= 4 is 5.82 Å². The van der Waals surface area contributed by atoms with E-state index < -0.39 is 0 Å². The van der Waals surface area contributed by atoms with Gasteiger partial charge in [-0.3, -0.25) is 0 Å². The predicted molar refractivity (Wildman–Crippen MR) is 74.3 cm³/mol. The Balaban J connectivity index is 1.78. The highest BCUT2D eigenvalue weighted by atomic mass is 16.5. The quantitative estimate of drug-likeness (QED) is 0.871. The fourth-order valence-electron chi connectivity index (χ4n) is 3.45. The van der Waals surface area contributed by atoms with Gasteiger partial charge in [0, 0.05) is 25.2 Å². The summed E-state index contributed by atoms with van der Waals surface area (Å²) in [4.78, 5) is 11.2. The molecular weight excluding hydrogens is 240 g/mol. The second kappa shape index (κ2) is 4.96. The van der Waals surface area contributed by atoms with Crippen molar-refractivity contribution in [2.24, 2.45) is 17.6 Å². The Morgan fingerprint density at radius 3 is 2.84 bits per heavy atom. The molecule has 2 fully saturated rings. The lowest BCUT2D eigenvalue weighted by atomic mass is 9.79. The predicted octanol–water partition coefficient (Wildman–Crippen LogP) is 1.36. The largest absolute Gasteiger partial charge is 0.481 e. The highest BCUT2D eigenvalue weighted by Crippen LogP contribution is 2.37. The van der Waals surface area contributed by atoms with Crippen LogP contribution in [0.4, 0.5) is 5.82 Å². The van der Waals surface area contributed by atoms with Crippen molar-refractivity contribution in [1.29, 1.82) is 0 Å². The Labute approximate surface area is 114 Å². The molecule has 1 aliphatic heterocycles. The fourth-order valence-corrected chi connectivity index (χ4v) is 3.45. The van der Waals surface area contributed by atoms with E-state index in [0.29, 0.717) is 11.9 Å². The first-order valence-corrected chi connectivity index (χ1v) is 7.06. The average Bonchev–Trinajstić information content (AvgIpc) is 2.80. The zero-order chi connectivity index (χ0) is 13.4. The SMILES string of the molecule is COc1cc(N2C[C@H]3CCC(N)C[C@H]3C2)nc(C)n1. The summed E-state index contributed by atoms with van der Waals surface area (Å²) in [5.41, 5.74) is 6.08. The maximum atomic E-state index is 6.08. The van der Waals surface area contributed by atoms with Gasteiger partial charge in [-0.05, 0) is 38.0 Å². The molecule has 0 bridgehead atoms. The lowest BCUT2D eigenvalue weighted by Crippen LogP contribution is -2.32. The molecule has 104 valence electrons. The number of anilines is 1. The van der Waals surface area contributed by atoms with Crippen LogP contribution >= 0.6 is 0 Å². The van der Waals surface area contributed by atoms with Crippen LogP contribution in [0.3, 0.4) is 0 Å². The molecule has 0 radical (unpaired) electrons. The maximum absolute atomic E-state index is 6.08. The van der Waals surface area contributed by atoms with Crippen LogP contribution in [-0.4, -0.2) is 36.2 Å². The Kier molecular flexibility index (Phi) is 3.31. The van der Waals surface area contributed by atoms with Gasteiger partial charge < -0.3 is 15.4 Å². The van der Waals surface area contributed by atoms with Gasteiger partial charge in [-0.25, -0.2) is 4.98 Å². The molecule has 1 aromatic heterocycles. The Morgan fingerprint density at radius 1 is 1.26 bits per heavy atom. The molecule has 5 heteroatoms. The molecular formula is C14H22N4O. The highest BCUT2D eigenvalue weighted by Gasteiger charge is 2.37. The van der Waals surface area contributed by atoms with E-state index in [4.69, 9.17) is 10.5 Å². The Hall–Kier alpha value is -1.36. The molecule has 0 aromatic carbocycles. The summed E-state index contributed by atoms with van der Waals surface area (Å²) >= 11 is 0. The lowest BCUT2D eigenvalue weighted by molar-refractivity contribution is 0.271. The molecule has 1 aromatic rings. The van der Waals surface area contributed by atoms with Gasteiger partial charge in [0.15, 0.2) is 0 Å². The zero-order valence-electron chi connectivity index (χ0n) is 11.7. The van der Waals surface area contributed by atoms with Gasteiger partial charge in [-0.1, -0.05) is 0 Å². The number of hydrogen-bond donors (Lipinski definition) is 1. The topological polar surface area (TPSA) is 64.3 Å². The van der Waals surface area contributed by atoms with Gasteiger partial charge >= 0.3 is 0 Å². The van der Waals surface area contributed by atoms with Gasteiger partial charge in [0.25, 0.3) is 0 Å². The van der Waals surface area contributed by atoms with Gasteiger partial charge in [0.2, 0.25) is 5.88 Å². The van der Waals surface area contributed by atoms with E-state index >= 15 is 0 Å². The fraction of sp³-hybridized carbons (Fsp3) is 0.714. The number of ether oxygens (including phenoxy) is 1. The Morgan fingerprint density at radius 2 is 2.05 bits per heavy atom. The summed E-state index contributed by atoms with van der Waals surface area (Å²) in [6.45, 7) is 4.07. The van der Waals surface area contributed by atoms with Crippen LogP contribution in [0, 0.1) is 18.8 Å². The van der Waals surface area contributed by atoms with E-state index in [9.17, 15) is 0 Å². The number of methoxy groups -OCH3 is 1. The van der Waals surface area contributed by atoms with Crippen LogP contribution in [0.2, 0.25) is 0 Å². The van der Waals surface area contributed by atoms with Crippen LogP contribution in [0.25, 0.3) is 0 Å². The molecule has 3 rings (SSSR count). The molecule has 5 nitrogen and oxygen atoms in total. The van der Waals surface area contributed by atoms with E-state index in [1.54, 1.807) is 7.11 Å². The minimum absolute atomic E-state index is 0.392. The summed E-state index contributed by atoms with van der Waals surface area (Å²) in [5.74, 6) is 3.91. The van der Waals surface area contributed by atoms with E-state index in [1.807, 2.05) is 13.0 Å². The van der Waals surface area contributed by atoms with Gasteiger partial charge in [-0.2, -0.15) is 4.98 Å². The number of hydrogen-bond acceptors (Lipinski definition) is 5. The molecule has 1 unspecified atom stereocenters. The standard InChI is InChI=1S/C14H22N4O/c1-9-16-13(6-14(17-9)19-2)18-7-10-3-4-12(15)5-11(10)8-18/h6,10-12H,3-5,7-8,15H2,1-2H3/t10-,11+,12?/m1/s1. The van der Waals surface area contributed by atoms with Gasteiger partial charge in [0.1, 0.15) is 11.6 Å². The third-order valence-electron chi connectivity index (χ3n) is 4.42. The first kappa shape index (κ1) is 12.7. The minimum atomic E-state index is 0.392. The van der Waals surface area contributed by atoms with Crippen LogP contribution < -0.4 is 15.4 Å². The number of nitrogens with two attached hydrogens (primary N) is 1. The smallest absolute Gasteiger partial charge is 0.218 e. The van der Waals surface area contributed by atoms with Crippen LogP contribution in [0.5, 0.6) is 5.88 Å². The molecule has 1 saturated carbocycles. The van der Waals surface area contributed by atoms with Crippen LogP contribution in [0.15, 0.2) is 6.07 Å². The normalized spacial score (nSPS) is 30.3. The van der Waals surface area contributed by atoms with E-state index in [0.717, 1.165) is 43.0 Å². The number of nitrogens with zero attached hydrogens (tertiary/aromatic N) is 3. The molecule has 2 N–H and O–H groups in total. The molecule has 0 spiro atoms.